The van der Waals surface area contributed by atoms with Gasteiger partial charge in [-0.2, -0.15) is 0 Å². The van der Waals surface area contributed by atoms with Crippen LogP contribution in [0.4, 0.5) is 4.39 Å². The van der Waals surface area contributed by atoms with Crippen molar-refractivity contribution in [2.24, 2.45) is 5.41 Å². The molecule has 0 radical (unpaired) electrons. The summed E-state index contributed by atoms with van der Waals surface area (Å²) in [6.45, 7) is 5.55. The third-order valence-electron chi connectivity index (χ3n) is 2.40. The minimum atomic E-state index is -0.488. The number of benzene rings is 1. The van der Waals surface area contributed by atoms with E-state index in [-0.39, 0.29) is 18.3 Å². The van der Waals surface area contributed by atoms with E-state index in [0.29, 0.717) is 11.3 Å². The number of hydrogen-bond acceptors (Lipinski definition) is 2. The molecule has 94 valence electrons. The molecule has 1 rings (SSSR count). The molecule has 0 spiro atoms. The lowest BCUT2D eigenvalue weighted by Crippen LogP contribution is -2.34. The average Bonchev–Trinajstić information content (AvgIpc) is 2.25. The predicted octanol–water partition coefficient (Wildman–Crippen LogP) is 2.50. The SMILES string of the molecule is COc1cccc(F)c1CNC(=O)C(C)(C)C. The molecule has 1 aromatic rings. The van der Waals surface area contributed by atoms with Gasteiger partial charge in [-0.15, -0.1) is 0 Å². The molecule has 3 nitrogen and oxygen atoms in total. The summed E-state index contributed by atoms with van der Waals surface area (Å²) in [7, 11) is 1.48. The average molecular weight is 239 g/mol. The number of halogens is 1. The van der Waals surface area contributed by atoms with Gasteiger partial charge in [0.25, 0.3) is 0 Å². The van der Waals surface area contributed by atoms with Crippen LogP contribution in [0.15, 0.2) is 18.2 Å². The Labute approximate surface area is 101 Å². The smallest absolute Gasteiger partial charge is 0.225 e. The van der Waals surface area contributed by atoms with Gasteiger partial charge in [-0.05, 0) is 12.1 Å². The molecule has 17 heavy (non-hydrogen) atoms. The first-order chi connectivity index (χ1) is 7.86. The summed E-state index contributed by atoms with van der Waals surface area (Å²) in [6, 6.07) is 4.59. The van der Waals surface area contributed by atoms with E-state index < -0.39 is 5.41 Å². The molecular formula is C13H18FNO2. The highest BCUT2D eigenvalue weighted by atomic mass is 19.1. The number of nitrogens with one attached hydrogen (secondary N) is 1. The molecule has 0 saturated heterocycles. The minimum Gasteiger partial charge on any atom is -0.496 e. The van der Waals surface area contributed by atoms with Crippen LogP contribution in [0, 0.1) is 11.2 Å². The van der Waals surface area contributed by atoms with Crippen LogP contribution in [0.5, 0.6) is 5.75 Å². The zero-order valence-corrected chi connectivity index (χ0v) is 10.6. The molecular weight excluding hydrogens is 221 g/mol. The Morgan fingerprint density at radius 3 is 2.59 bits per heavy atom. The zero-order valence-electron chi connectivity index (χ0n) is 10.6. The van der Waals surface area contributed by atoms with Crippen LogP contribution in [0.1, 0.15) is 26.3 Å². The van der Waals surface area contributed by atoms with Crippen LogP contribution >= 0.6 is 0 Å². The number of amides is 1. The first kappa shape index (κ1) is 13.5. The number of ether oxygens (including phenoxy) is 1. The lowest BCUT2D eigenvalue weighted by atomic mass is 9.95. The Hall–Kier alpha value is -1.58. The fraction of sp³-hybridized carbons (Fsp3) is 0.462. The highest BCUT2D eigenvalue weighted by Gasteiger charge is 2.21. The first-order valence-electron chi connectivity index (χ1n) is 5.46. The lowest BCUT2D eigenvalue weighted by molar-refractivity contribution is -0.128. The maximum absolute atomic E-state index is 13.6. The second-order valence-electron chi connectivity index (χ2n) is 4.85. The van der Waals surface area contributed by atoms with Crippen molar-refractivity contribution in [3.63, 3.8) is 0 Å². The van der Waals surface area contributed by atoms with Gasteiger partial charge in [0.2, 0.25) is 5.91 Å². The molecule has 4 heteroatoms. The molecule has 1 N–H and O–H groups in total. The summed E-state index contributed by atoms with van der Waals surface area (Å²) in [5.41, 5.74) is -0.119. The Morgan fingerprint density at radius 2 is 2.06 bits per heavy atom. The van der Waals surface area contributed by atoms with Gasteiger partial charge in [-0.1, -0.05) is 26.8 Å². The number of carbonyl (C=O) groups excluding carboxylic acids is 1. The van der Waals surface area contributed by atoms with E-state index >= 15 is 0 Å². The van der Waals surface area contributed by atoms with Crippen LogP contribution in [0.25, 0.3) is 0 Å². The van der Waals surface area contributed by atoms with Crippen molar-refractivity contribution in [2.75, 3.05) is 7.11 Å². The van der Waals surface area contributed by atoms with Crippen molar-refractivity contribution in [3.8, 4) is 5.75 Å². The molecule has 0 atom stereocenters. The zero-order chi connectivity index (χ0) is 13.1. The number of methoxy groups -OCH3 is 1. The summed E-state index contributed by atoms with van der Waals surface area (Å²) in [4.78, 5) is 11.7. The fourth-order valence-electron chi connectivity index (χ4n) is 1.34. The van der Waals surface area contributed by atoms with Crippen molar-refractivity contribution < 1.29 is 13.9 Å². The molecule has 0 aliphatic heterocycles. The molecule has 0 unspecified atom stereocenters. The monoisotopic (exact) mass is 239 g/mol. The highest BCUT2D eigenvalue weighted by molar-refractivity contribution is 5.81. The van der Waals surface area contributed by atoms with E-state index in [1.54, 1.807) is 32.9 Å². The van der Waals surface area contributed by atoms with Gasteiger partial charge in [-0.3, -0.25) is 4.79 Å². The van der Waals surface area contributed by atoms with Gasteiger partial charge in [0, 0.05) is 17.5 Å². The number of carbonyl (C=O) groups is 1. The largest absolute Gasteiger partial charge is 0.496 e. The van der Waals surface area contributed by atoms with Gasteiger partial charge in [0.1, 0.15) is 11.6 Å². The third-order valence-corrected chi connectivity index (χ3v) is 2.40. The molecule has 0 aliphatic carbocycles. The Balaban J connectivity index is 2.79. The van der Waals surface area contributed by atoms with Crippen molar-refractivity contribution in [2.45, 2.75) is 27.3 Å². The second kappa shape index (κ2) is 5.17. The molecule has 0 bridgehead atoms. The first-order valence-corrected chi connectivity index (χ1v) is 5.46. The van der Waals surface area contributed by atoms with E-state index in [4.69, 9.17) is 4.74 Å². The van der Waals surface area contributed by atoms with E-state index in [9.17, 15) is 9.18 Å². The van der Waals surface area contributed by atoms with E-state index in [1.807, 2.05) is 0 Å². The molecule has 0 saturated carbocycles. The van der Waals surface area contributed by atoms with E-state index in [2.05, 4.69) is 5.32 Å². The molecule has 0 aromatic heterocycles. The summed E-state index contributed by atoms with van der Waals surface area (Å²) < 4.78 is 18.6. The van der Waals surface area contributed by atoms with E-state index in [0.717, 1.165) is 0 Å². The fourth-order valence-corrected chi connectivity index (χ4v) is 1.34. The quantitative estimate of drug-likeness (QED) is 0.880. The summed E-state index contributed by atoms with van der Waals surface area (Å²) >= 11 is 0. The molecule has 0 aliphatic rings. The number of hydrogen-bond donors (Lipinski definition) is 1. The molecule has 1 amide bonds. The van der Waals surface area contributed by atoms with Crippen LogP contribution in [-0.2, 0) is 11.3 Å². The normalized spacial score (nSPS) is 11.1. The second-order valence-corrected chi connectivity index (χ2v) is 4.85. The van der Waals surface area contributed by atoms with E-state index in [1.165, 1.54) is 13.2 Å². The van der Waals surface area contributed by atoms with Gasteiger partial charge < -0.3 is 10.1 Å². The van der Waals surface area contributed by atoms with Crippen LogP contribution in [-0.4, -0.2) is 13.0 Å². The predicted molar refractivity (Wildman–Crippen MR) is 64.3 cm³/mol. The number of rotatable bonds is 3. The van der Waals surface area contributed by atoms with Crippen molar-refractivity contribution in [1.29, 1.82) is 0 Å². The van der Waals surface area contributed by atoms with Crippen molar-refractivity contribution in [1.82, 2.24) is 5.32 Å². The highest BCUT2D eigenvalue weighted by Crippen LogP contribution is 2.21. The van der Waals surface area contributed by atoms with Gasteiger partial charge in [0.05, 0.1) is 7.11 Å². The minimum absolute atomic E-state index is 0.122. The standard InChI is InChI=1S/C13H18FNO2/c1-13(2,3)12(16)15-8-9-10(14)6-5-7-11(9)17-4/h5-7H,8H2,1-4H3,(H,15,16). The van der Waals surface area contributed by atoms with Crippen LogP contribution < -0.4 is 10.1 Å². The third kappa shape index (κ3) is 3.44. The molecule has 0 heterocycles. The van der Waals surface area contributed by atoms with Crippen LogP contribution in [0.3, 0.4) is 0 Å². The Bertz CT molecular complexity index is 410. The summed E-state index contributed by atoms with van der Waals surface area (Å²) in [6.07, 6.45) is 0. The lowest BCUT2D eigenvalue weighted by Gasteiger charge is -2.18. The Kier molecular flexibility index (Phi) is 4.10. The topological polar surface area (TPSA) is 38.3 Å². The molecule has 0 fully saturated rings. The van der Waals surface area contributed by atoms with Gasteiger partial charge >= 0.3 is 0 Å². The Morgan fingerprint density at radius 1 is 1.41 bits per heavy atom. The molecule has 1 aromatic carbocycles. The van der Waals surface area contributed by atoms with Gasteiger partial charge in [-0.25, -0.2) is 4.39 Å². The maximum Gasteiger partial charge on any atom is 0.225 e. The van der Waals surface area contributed by atoms with Gasteiger partial charge in [0.15, 0.2) is 0 Å². The maximum atomic E-state index is 13.6. The summed E-state index contributed by atoms with van der Waals surface area (Å²) in [5.74, 6) is -0.0550. The van der Waals surface area contributed by atoms with Crippen LogP contribution in [0.2, 0.25) is 0 Å². The van der Waals surface area contributed by atoms with Crippen molar-refractivity contribution >= 4 is 5.91 Å². The summed E-state index contributed by atoms with van der Waals surface area (Å²) in [5, 5.41) is 2.70. The van der Waals surface area contributed by atoms with Crippen molar-refractivity contribution in [3.05, 3.63) is 29.6 Å².